The Morgan fingerprint density at radius 2 is 2.27 bits per heavy atom. The van der Waals surface area contributed by atoms with E-state index >= 15 is 0 Å². The number of benzene rings is 1. The number of hydrogen-bond acceptors (Lipinski definition) is 5. The van der Waals surface area contributed by atoms with Crippen molar-refractivity contribution in [2.75, 3.05) is 13.7 Å². The Bertz CT molecular complexity index is 725. The molecule has 0 radical (unpaired) electrons. The summed E-state index contributed by atoms with van der Waals surface area (Å²) in [4.78, 5) is 16.0. The maximum atomic E-state index is 11.5. The van der Waals surface area contributed by atoms with Gasteiger partial charge in [-0.15, -0.1) is 0 Å². The standard InChI is InChI=1S/C15H14BrClN2O3/c1-21-15(20)12-6-10(7-18-12)22-13-5-8-4-9(17)2-3-11(8)19-14(13)16/h2-5,10,12,18H,6-7H2,1H3/t10-,12+/m1/s1. The molecule has 0 aliphatic carbocycles. The number of hydrogen-bond donors (Lipinski definition) is 1. The van der Waals surface area contributed by atoms with Crippen LogP contribution < -0.4 is 10.1 Å². The van der Waals surface area contributed by atoms with Crippen molar-refractivity contribution < 1.29 is 14.3 Å². The summed E-state index contributed by atoms with van der Waals surface area (Å²) in [7, 11) is 1.38. The third-order valence-corrected chi connectivity index (χ3v) is 4.37. The average molecular weight is 386 g/mol. The third kappa shape index (κ3) is 3.19. The second kappa shape index (κ2) is 6.40. The topological polar surface area (TPSA) is 60.5 Å². The van der Waals surface area contributed by atoms with Gasteiger partial charge in [-0.25, -0.2) is 4.98 Å². The molecule has 3 rings (SSSR count). The van der Waals surface area contributed by atoms with Gasteiger partial charge in [0.25, 0.3) is 0 Å². The van der Waals surface area contributed by atoms with Crippen molar-refractivity contribution in [3.05, 3.63) is 33.9 Å². The summed E-state index contributed by atoms with van der Waals surface area (Å²) in [5.41, 5.74) is 0.834. The van der Waals surface area contributed by atoms with E-state index in [9.17, 15) is 4.79 Å². The second-order valence-electron chi connectivity index (χ2n) is 5.07. The van der Waals surface area contributed by atoms with Gasteiger partial charge < -0.3 is 14.8 Å². The van der Waals surface area contributed by atoms with Gasteiger partial charge in [0.1, 0.15) is 16.7 Å². The lowest BCUT2D eigenvalue weighted by atomic mass is 10.2. The predicted molar refractivity (Wildman–Crippen MR) is 87.3 cm³/mol. The van der Waals surface area contributed by atoms with Crippen LogP contribution in [0.1, 0.15) is 6.42 Å². The Hall–Kier alpha value is -1.37. The number of carbonyl (C=O) groups excluding carboxylic acids is 1. The Kier molecular flexibility index (Phi) is 4.52. The zero-order valence-corrected chi connectivity index (χ0v) is 14.1. The van der Waals surface area contributed by atoms with Gasteiger partial charge in [0.2, 0.25) is 0 Å². The molecule has 0 amide bonds. The van der Waals surface area contributed by atoms with Gasteiger partial charge in [0.05, 0.1) is 12.6 Å². The Labute approximate surface area is 141 Å². The van der Waals surface area contributed by atoms with Crippen molar-refractivity contribution in [3.63, 3.8) is 0 Å². The molecule has 1 aliphatic rings. The second-order valence-corrected chi connectivity index (χ2v) is 6.26. The molecule has 0 spiro atoms. The van der Waals surface area contributed by atoms with Gasteiger partial charge in [-0.3, -0.25) is 4.79 Å². The number of nitrogens with one attached hydrogen (secondary N) is 1. The molecular formula is C15H14BrClN2O3. The minimum absolute atomic E-state index is 0.112. The van der Waals surface area contributed by atoms with Gasteiger partial charge in [-0.1, -0.05) is 11.6 Å². The monoisotopic (exact) mass is 384 g/mol. The first-order valence-electron chi connectivity index (χ1n) is 6.80. The van der Waals surface area contributed by atoms with Crippen LogP contribution in [0.2, 0.25) is 5.02 Å². The van der Waals surface area contributed by atoms with Gasteiger partial charge >= 0.3 is 5.97 Å². The van der Waals surface area contributed by atoms with Crippen LogP contribution in [0.5, 0.6) is 5.75 Å². The SMILES string of the molecule is COC(=O)[C@@H]1C[C@@H](Oc2cc3cc(Cl)ccc3nc2Br)CN1. The molecule has 2 aromatic rings. The van der Waals surface area contributed by atoms with Gasteiger partial charge in [-0.2, -0.15) is 0 Å². The molecule has 1 N–H and O–H groups in total. The molecule has 1 aliphatic heterocycles. The number of methoxy groups -OCH3 is 1. The summed E-state index contributed by atoms with van der Waals surface area (Å²) < 4.78 is 11.3. The normalized spacial score (nSPS) is 21.0. The number of halogens is 2. The summed E-state index contributed by atoms with van der Waals surface area (Å²) in [6, 6.07) is 7.07. The molecule has 2 heterocycles. The van der Waals surface area contributed by atoms with Gasteiger partial charge in [0.15, 0.2) is 5.75 Å². The number of esters is 1. The molecule has 1 aromatic carbocycles. The first-order chi connectivity index (χ1) is 10.6. The van der Waals surface area contributed by atoms with Crippen LogP contribution in [-0.4, -0.2) is 36.8 Å². The first-order valence-corrected chi connectivity index (χ1v) is 7.97. The Morgan fingerprint density at radius 3 is 3.05 bits per heavy atom. The number of fused-ring (bicyclic) bond motifs is 1. The molecule has 1 aromatic heterocycles. The fourth-order valence-corrected chi connectivity index (χ4v) is 3.06. The van der Waals surface area contributed by atoms with Crippen molar-refractivity contribution in [2.45, 2.75) is 18.6 Å². The third-order valence-electron chi connectivity index (χ3n) is 3.57. The van der Waals surface area contributed by atoms with Crippen molar-refractivity contribution in [2.24, 2.45) is 0 Å². The lowest BCUT2D eigenvalue weighted by molar-refractivity contribution is -0.142. The highest BCUT2D eigenvalue weighted by Gasteiger charge is 2.31. The van der Waals surface area contributed by atoms with Crippen LogP contribution in [0.3, 0.4) is 0 Å². The van der Waals surface area contributed by atoms with E-state index in [0.717, 1.165) is 10.9 Å². The molecule has 1 saturated heterocycles. The molecule has 116 valence electrons. The minimum Gasteiger partial charge on any atom is -0.486 e. The molecule has 5 nitrogen and oxygen atoms in total. The number of nitrogens with zero attached hydrogens (tertiary/aromatic N) is 1. The summed E-state index contributed by atoms with van der Waals surface area (Å²) >= 11 is 9.43. The van der Waals surface area contributed by atoms with E-state index in [1.807, 2.05) is 18.2 Å². The van der Waals surface area contributed by atoms with Gasteiger partial charge in [-0.05, 0) is 40.2 Å². The fourth-order valence-electron chi connectivity index (χ4n) is 2.48. The van der Waals surface area contributed by atoms with Crippen molar-refractivity contribution in [1.82, 2.24) is 10.3 Å². The highest BCUT2D eigenvalue weighted by Crippen LogP contribution is 2.30. The van der Waals surface area contributed by atoms with E-state index in [2.05, 4.69) is 26.2 Å². The molecular weight excluding hydrogens is 372 g/mol. The number of pyridine rings is 1. The molecule has 1 fully saturated rings. The number of ether oxygens (including phenoxy) is 2. The summed E-state index contributed by atoms with van der Waals surface area (Å²) in [6.07, 6.45) is 0.450. The number of rotatable bonds is 3. The maximum Gasteiger partial charge on any atom is 0.323 e. The van der Waals surface area contributed by atoms with E-state index in [1.54, 1.807) is 6.07 Å². The summed E-state index contributed by atoms with van der Waals surface area (Å²) in [5, 5.41) is 4.64. The lowest BCUT2D eigenvalue weighted by Crippen LogP contribution is -2.31. The molecule has 0 saturated carbocycles. The molecule has 0 bridgehead atoms. The lowest BCUT2D eigenvalue weighted by Gasteiger charge is -2.14. The van der Waals surface area contributed by atoms with Crippen LogP contribution in [-0.2, 0) is 9.53 Å². The van der Waals surface area contributed by atoms with Crippen LogP contribution in [0.15, 0.2) is 28.9 Å². The van der Waals surface area contributed by atoms with Crippen LogP contribution >= 0.6 is 27.5 Å². The van der Waals surface area contributed by atoms with Crippen molar-refractivity contribution in [3.8, 4) is 5.75 Å². The summed E-state index contributed by atoms with van der Waals surface area (Å²) in [6.45, 7) is 0.583. The predicted octanol–water partition coefficient (Wildman–Crippen LogP) is 2.93. The average Bonchev–Trinajstić information content (AvgIpc) is 2.96. The van der Waals surface area contributed by atoms with E-state index in [-0.39, 0.29) is 18.1 Å². The molecule has 22 heavy (non-hydrogen) atoms. The maximum absolute atomic E-state index is 11.5. The molecule has 0 unspecified atom stereocenters. The Morgan fingerprint density at radius 1 is 1.45 bits per heavy atom. The van der Waals surface area contributed by atoms with E-state index in [1.165, 1.54) is 7.11 Å². The zero-order chi connectivity index (χ0) is 15.7. The molecule has 7 heteroatoms. The first kappa shape index (κ1) is 15.5. The Balaban J connectivity index is 1.79. The molecule has 2 atom stereocenters. The van der Waals surface area contributed by atoms with E-state index in [4.69, 9.17) is 21.1 Å². The zero-order valence-electron chi connectivity index (χ0n) is 11.8. The highest BCUT2D eigenvalue weighted by molar-refractivity contribution is 9.10. The van der Waals surface area contributed by atoms with Crippen LogP contribution in [0.4, 0.5) is 0 Å². The summed E-state index contributed by atoms with van der Waals surface area (Å²) in [5.74, 6) is 0.362. The number of aromatic nitrogens is 1. The minimum atomic E-state index is -0.323. The number of carbonyl (C=O) groups is 1. The van der Waals surface area contributed by atoms with E-state index < -0.39 is 0 Å². The van der Waals surface area contributed by atoms with Crippen LogP contribution in [0.25, 0.3) is 10.9 Å². The fraction of sp³-hybridized carbons (Fsp3) is 0.333. The largest absolute Gasteiger partial charge is 0.486 e. The van der Waals surface area contributed by atoms with E-state index in [0.29, 0.717) is 28.3 Å². The van der Waals surface area contributed by atoms with Crippen LogP contribution in [0, 0.1) is 0 Å². The van der Waals surface area contributed by atoms with Crippen molar-refractivity contribution >= 4 is 44.4 Å². The van der Waals surface area contributed by atoms with Gasteiger partial charge in [0, 0.05) is 23.4 Å². The van der Waals surface area contributed by atoms with Crippen molar-refractivity contribution in [1.29, 1.82) is 0 Å². The quantitative estimate of drug-likeness (QED) is 0.650. The smallest absolute Gasteiger partial charge is 0.323 e. The highest BCUT2D eigenvalue weighted by atomic mass is 79.9.